The molecular weight excluding hydrogens is 397 g/mol. The van der Waals surface area contributed by atoms with Crippen molar-refractivity contribution >= 4 is 10.0 Å². The number of halogens is 1. The summed E-state index contributed by atoms with van der Waals surface area (Å²) in [4.78, 5) is 0.0944. The van der Waals surface area contributed by atoms with E-state index in [0.717, 1.165) is 23.4 Å². The van der Waals surface area contributed by atoms with E-state index in [4.69, 9.17) is 9.15 Å². The Bertz CT molecular complexity index is 1070. The van der Waals surface area contributed by atoms with Gasteiger partial charge in [-0.15, -0.1) is 10.2 Å². The quantitative estimate of drug-likeness (QED) is 0.632. The minimum atomic E-state index is -3.64. The fourth-order valence-electron chi connectivity index (χ4n) is 3.35. The number of piperidine rings is 1. The van der Waals surface area contributed by atoms with Gasteiger partial charge in [-0.3, -0.25) is 0 Å². The molecule has 2 aromatic carbocycles. The number of ether oxygens (including phenoxy) is 1. The van der Waals surface area contributed by atoms with Crippen LogP contribution in [-0.4, -0.2) is 43.1 Å². The van der Waals surface area contributed by atoms with Gasteiger partial charge in [-0.05, 0) is 61.4 Å². The first-order valence-electron chi connectivity index (χ1n) is 9.21. The second kappa shape index (κ2) is 7.92. The van der Waals surface area contributed by atoms with Crippen molar-refractivity contribution in [3.8, 4) is 17.2 Å². The molecule has 1 aliphatic rings. The number of aromatic nitrogens is 2. The largest absolute Gasteiger partial charge is 0.497 e. The van der Waals surface area contributed by atoms with Crippen LogP contribution in [0.1, 0.15) is 24.7 Å². The summed E-state index contributed by atoms with van der Waals surface area (Å²) >= 11 is 0. The van der Waals surface area contributed by atoms with Gasteiger partial charge in [-0.2, -0.15) is 4.31 Å². The molecule has 0 amide bonds. The maximum absolute atomic E-state index is 13.1. The van der Waals surface area contributed by atoms with Crippen LogP contribution in [0.3, 0.4) is 0 Å². The van der Waals surface area contributed by atoms with Crippen molar-refractivity contribution in [3.63, 3.8) is 0 Å². The van der Waals surface area contributed by atoms with E-state index in [2.05, 4.69) is 10.2 Å². The van der Waals surface area contributed by atoms with E-state index in [1.54, 1.807) is 7.11 Å². The number of hydrogen-bond donors (Lipinski definition) is 0. The molecule has 152 valence electrons. The smallest absolute Gasteiger partial charge is 0.247 e. The highest BCUT2D eigenvalue weighted by atomic mass is 32.2. The van der Waals surface area contributed by atoms with Crippen molar-refractivity contribution < 1.29 is 22.0 Å². The molecule has 0 spiro atoms. The maximum atomic E-state index is 13.1. The molecule has 1 aromatic heterocycles. The van der Waals surface area contributed by atoms with Gasteiger partial charge in [0.15, 0.2) is 0 Å². The number of nitrogens with zero attached hydrogens (tertiary/aromatic N) is 3. The predicted octanol–water partition coefficient (Wildman–Crippen LogP) is 3.45. The van der Waals surface area contributed by atoms with Crippen LogP contribution in [0.15, 0.2) is 57.8 Å². The summed E-state index contributed by atoms with van der Waals surface area (Å²) in [7, 11) is -2.04. The molecule has 0 N–H and O–H groups in total. The van der Waals surface area contributed by atoms with Gasteiger partial charge in [0.2, 0.25) is 21.8 Å². The lowest BCUT2D eigenvalue weighted by Gasteiger charge is -2.29. The van der Waals surface area contributed by atoms with Crippen LogP contribution in [0, 0.1) is 5.82 Å². The van der Waals surface area contributed by atoms with Gasteiger partial charge in [-0.1, -0.05) is 0 Å². The third-order valence-electron chi connectivity index (χ3n) is 5.03. The van der Waals surface area contributed by atoms with Crippen LogP contribution in [0.25, 0.3) is 11.5 Å². The molecule has 0 saturated carbocycles. The molecule has 0 radical (unpaired) electrons. The molecule has 0 unspecified atom stereocenters. The van der Waals surface area contributed by atoms with E-state index in [1.807, 2.05) is 24.3 Å². The average Bonchev–Trinajstić information content (AvgIpc) is 3.24. The van der Waals surface area contributed by atoms with Crippen LogP contribution in [0.2, 0.25) is 0 Å². The molecule has 4 rings (SSSR count). The van der Waals surface area contributed by atoms with Crippen LogP contribution in [-0.2, 0) is 10.0 Å². The zero-order valence-corrected chi connectivity index (χ0v) is 16.6. The summed E-state index contributed by atoms with van der Waals surface area (Å²) in [6, 6.07) is 12.2. The lowest BCUT2D eigenvalue weighted by Crippen LogP contribution is -2.37. The molecule has 2 heterocycles. The number of benzene rings is 2. The van der Waals surface area contributed by atoms with Gasteiger partial charge in [0.25, 0.3) is 0 Å². The number of methoxy groups -OCH3 is 1. The number of sulfonamides is 1. The minimum Gasteiger partial charge on any atom is -0.497 e. The fraction of sp³-hybridized carbons (Fsp3) is 0.300. The molecule has 0 atom stereocenters. The Kier molecular flexibility index (Phi) is 5.33. The first-order valence-corrected chi connectivity index (χ1v) is 10.6. The molecule has 1 fully saturated rings. The van der Waals surface area contributed by atoms with E-state index < -0.39 is 15.8 Å². The van der Waals surface area contributed by atoms with Gasteiger partial charge >= 0.3 is 0 Å². The van der Waals surface area contributed by atoms with Crippen molar-refractivity contribution in [2.45, 2.75) is 23.7 Å². The van der Waals surface area contributed by atoms with E-state index in [9.17, 15) is 12.8 Å². The predicted molar refractivity (Wildman–Crippen MR) is 103 cm³/mol. The minimum absolute atomic E-state index is 0.00540. The van der Waals surface area contributed by atoms with Crippen molar-refractivity contribution in [2.24, 2.45) is 0 Å². The Morgan fingerprint density at radius 1 is 1.03 bits per heavy atom. The standard InChI is InChI=1S/C20H20FN3O4S/c1-27-17-6-2-14(3-7-17)19-22-23-20(28-19)15-10-12-24(13-11-15)29(25,26)18-8-4-16(21)5-9-18/h2-9,15H,10-13H2,1H3. The zero-order chi connectivity index (χ0) is 20.4. The van der Waals surface area contributed by atoms with E-state index >= 15 is 0 Å². The summed E-state index contributed by atoms with van der Waals surface area (Å²) < 4.78 is 50.9. The Balaban J connectivity index is 1.43. The summed E-state index contributed by atoms with van der Waals surface area (Å²) in [5.74, 6) is 1.20. The van der Waals surface area contributed by atoms with E-state index in [1.165, 1.54) is 16.4 Å². The lowest BCUT2D eigenvalue weighted by molar-refractivity contribution is 0.291. The first-order chi connectivity index (χ1) is 14.0. The van der Waals surface area contributed by atoms with Crippen LogP contribution in [0.4, 0.5) is 4.39 Å². The topological polar surface area (TPSA) is 85.5 Å². The monoisotopic (exact) mass is 417 g/mol. The summed E-state index contributed by atoms with van der Waals surface area (Å²) in [6.07, 6.45) is 1.15. The highest BCUT2D eigenvalue weighted by Gasteiger charge is 2.32. The second-order valence-electron chi connectivity index (χ2n) is 6.81. The molecule has 7 nitrogen and oxygen atoms in total. The first kappa shape index (κ1) is 19.5. The third-order valence-corrected chi connectivity index (χ3v) is 6.95. The lowest BCUT2D eigenvalue weighted by atomic mass is 9.98. The van der Waals surface area contributed by atoms with Crippen molar-refractivity contribution in [1.29, 1.82) is 0 Å². The number of hydrogen-bond acceptors (Lipinski definition) is 6. The van der Waals surface area contributed by atoms with Crippen molar-refractivity contribution in [1.82, 2.24) is 14.5 Å². The van der Waals surface area contributed by atoms with Crippen LogP contribution in [0.5, 0.6) is 5.75 Å². The summed E-state index contributed by atoms with van der Waals surface area (Å²) in [6.45, 7) is 0.676. The highest BCUT2D eigenvalue weighted by molar-refractivity contribution is 7.89. The van der Waals surface area contributed by atoms with Gasteiger partial charge in [0.1, 0.15) is 11.6 Å². The molecular formula is C20H20FN3O4S. The molecule has 9 heteroatoms. The van der Waals surface area contributed by atoms with Gasteiger partial charge in [-0.25, -0.2) is 12.8 Å². The Morgan fingerprint density at radius 2 is 1.69 bits per heavy atom. The Morgan fingerprint density at radius 3 is 2.31 bits per heavy atom. The SMILES string of the molecule is COc1ccc(-c2nnc(C3CCN(S(=O)(=O)c4ccc(F)cc4)CC3)o2)cc1. The van der Waals surface area contributed by atoms with E-state index in [0.29, 0.717) is 37.7 Å². The molecule has 0 bridgehead atoms. The molecule has 1 aliphatic heterocycles. The average molecular weight is 417 g/mol. The normalized spacial score (nSPS) is 16.1. The summed E-state index contributed by atoms with van der Waals surface area (Å²) in [5.41, 5.74) is 0.792. The summed E-state index contributed by atoms with van der Waals surface area (Å²) in [5, 5.41) is 8.27. The molecule has 29 heavy (non-hydrogen) atoms. The second-order valence-corrected chi connectivity index (χ2v) is 8.74. The van der Waals surface area contributed by atoms with E-state index in [-0.39, 0.29) is 10.8 Å². The number of rotatable bonds is 5. The van der Waals surface area contributed by atoms with Crippen LogP contribution >= 0.6 is 0 Å². The van der Waals surface area contributed by atoms with Gasteiger partial charge in [0, 0.05) is 24.6 Å². The van der Waals surface area contributed by atoms with Gasteiger partial charge in [0.05, 0.1) is 12.0 Å². The fourth-order valence-corrected chi connectivity index (χ4v) is 4.82. The van der Waals surface area contributed by atoms with Gasteiger partial charge < -0.3 is 9.15 Å². The van der Waals surface area contributed by atoms with Crippen LogP contribution < -0.4 is 4.74 Å². The zero-order valence-electron chi connectivity index (χ0n) is 15.8. The van der Waals surface area contributed by atoms with Crippen molar-refractivity contribution in [3.05, 3.63) is 60.2 Å². The molecule has 1 saturated heterocycles. The molecule has 3 aromatic rings. The third kappa shape index (κ3) is 4.01. The van der Waals surface area contributed by atoms with Crippen molar-refractivity contribution in [2.75, 3.05) is 20.2 Å². The highest BCUT2D eigenvalue weighted by Crippen LogP contribution is 2.32. The molecule has 0 aliphatic carbocycles. The maximum Gasteiger partial charge on any atom is 0.247 e. The Hall–Kier alpha value is -2.78. The Labute approximate surface area is 168 Å².